The summed E-state index contributed by atoms with van der Waals surface area (Å²) in [5.74, 6) is 0. The molecule has 74 valence electrons. The van der Waals surface area contributed by atoms with Crippen LogP contribution in [0.1, 0.15) is 6.92 Å². The highest BCUT2D eigenvalue weighted by Gasteiger charge is 2.07. The molecule has 1 heterocycles. The average molecular weight is 204 g/mol. The van der Waals surface area contributed by atoms with Gasteiger partial charge in [-0.25, -0.2) is 0 Å². The van der Waals surface area contributed by atoms with Gasteiger partial charge >= 0.3 is 0 Å². The third-order valence-corrected chi connectivity index (χ3v) is 1.85. The SMILES string of the molecule is CCOC(CN)Cn1cc(Cl)cn1. The fourth-order valence-corrected chi connectivity index (χ4v) is 1.23. The number of nitrogens with zero attached hydrogens (tertiary/aromatic N) is 2. The summed E-state index contributed by atoms with van der Waals surface area (Å²) in [6.07, 6.45) is 3.37. The molecule has 0 radical (unpaired) electrons. The molecule has 4 nitrogen and oxygen atoms in total. The molecule has 2 N–H and O–H groups in total. The van der Waals surface area contributed by atoms with Gasteiger partial charge in [0.25, 0.3) is 0 Å². The first kappa shape index (κ1) is 10.5. The molecule has 0 aliphatic carbocycles. The molecule has 5 heteroatoms. The molecule has 0 saturated heterocycles. The molecule has 13 heavy (non-hydrogen) atoms. The van der Waals surface area contributed by atoms with Crippen molar-refractivity contribution in [3.63, 3.8) is 0 Å². The molecule has 1 atom stereocenters. The molecule has 1 aromatic rings. The normalized spacial score (nSPS) is 13.2. The summed E-state index contributed by atoms with van der Waals surface area (Å²) < 4.78 is 7.11. The Bertz CT molecular complexity index is 251. The highest BCUT2D eigenvalue weighted by atomic mass is 35.5. The van der Waals surface area contributed by atoms with Crippen molar-refractivity contribution in [3.05, 3.63) is 17.4 Å². The van der Waals surface area contributed by atoms with Crippen LogP contribution >= 0.6 is 11.6 Å². The van der Waals surface area contributed by atoms with Crippen LogP contribution in [0.5, 0.6) is 0 Å². The first-order valence-electron chi connectivity index (χ1n) is 4.26. The minimum absolute atomic E-state index is 0.0148. The molecular weight excluding hydrogens is 190 g/mol. The molecule has 0 saturated carbocycles. The monoisotopic (exact) mass is 203 g/mol. The molecule has 1 unspecified atom stereocenters. The summed E-state index contributed by atoms with van der Waals surface area (Å²) in [5.41, 5.74) is 5.51. The molecule has 0 amide bonds. The Morgan fingerprint density at radius 3 is 3.00 bits per heavy atom. The Kier molecular flexibility index (Phi) is 4.21. The summed E-state index contributed by atoms with van der Waals surface area (Å²) in [4.78, 5) is 0. The molecule has 1 aromatic heterocycles. The van der Waals surface area contributed by atoms with E-state index in [1.807, 2.05) is 6.92 Å². The average Bonchev–Trinajstić information content (AvgIpc) is 2.50. The highest BCUT2D eigenvalue weighted by Crippen LogP contribution is 2.05. The van der Waals surface area contributed by atoms with Gasteiger partial charge < -0.3 is 10.5 Å². The van der Waals surface area contributed by atoms with E-state index in [0.29, 0.717) is 24.7 Å². The Hall–Kier alpha value is -0.580. The van der Waals surface area contributed by atoms with E-state index in [1.165, 1.54) is 0 Å². The number of aromatic nitrogens is 2. The first-order valence-corrected chi connectivity index (χ1v) is 4.63. The second-order valence-corrected chi connectivity index (χ2v) is 3.13. The number of ether oxygens (including phenoxy) is 1. The van der Waals surface area contributed by atoms with Gasteiger partial charge in [-0.2, -0.15) is 5.10 Å². The zero-order valence-electron chi connectivity index (χ0n) is 7.61. The smallest absolute Gasteiger partial charge is 0.0892 e. The number of hydrogen-bond acceptors (Lipinski definition) is 3. The van der Waals surface area contributed by atoms with Crippen LogP contribution in [0.25, 0.3) is 0 Å². The quantitative estimate of drug-likeness (QED) is 0.774. The fraction of sp³-hybridized carbons (Fsp3) is 0.625. The summed E-state index contributed by atoms with van der Waals surface area (Å²) in [5, 5.41) is 4.67. The zero-order valence-corrected chi connectivity index (χ0v) is 8.37. The molecule has 0 aliphatic heterocycles. The van der Waals surface area contributed by atoms with Crippen LogP contribution < -0.4 is 5.73 Å². The Labute approximate surface area is 82.6 Å². The van der Waals surface area contributed by atoms with E-state index < -0.39 is 0 Å². The topological polar surface area (TPSA) is 53.1 Å². The summed E-state index contributed by atoms with van der Waals surface area (Å²) in [7, 11) is 0. The van der Waals surface area contributed by atoms with E-state index in [-0.39, 0.29) is 6.10 Å². The van der Waals surface area contributed by atoms with Gasteiger partial charge in [0.15, 0.2) is 0 Å². The molecule has 1 rings (SSSR count). The second kappa shape index (κ2) is 5.21. The summed E-state index contributed by atoms with van der Waals surface area (Å²) >= 11 is 5.71. The van der Waals surface area contributed by atoms with Gasteiger partial charge in [0.05, 0.1) is 23.9 Å². The standard InChI is InChI=1S/C8H14ClN3O/c1-2-13-8(3-10)6-12-5-7(9)4-11-12/h4-5,8H,2-3,6,10H2,1H3. The van der Waals surface area contributed by atoms with Crippen molar-refractivity contribution in [2.24, 2.45) is 5.73 Å². The summed E-state index contributed by atoms with van der Waals surface area (Å²) in [6, 6.07) is 0. The van der Waals surface area contributed by atoms with Crippen molar-refractivity contribution in [1.82, 2.24) is 9.78 Å². The maximum absolute atomic E-state index is 5.71. The number of halogens is 1. The highest BCUT2D eigenvalue weighted by molar-refractivity contribution is 6.30. The minimum Gasteiger partial charge on any atom is -0.375 e. The van der Waals surface area contributed by atoms with Gasteiger partial charge in [-0.1, -0.05) is 11.6 Å². The van der Waals surface area contributed by atoms with Gasteiger partial charge in [-0.05, 0) is 6.92 Å². The van der Waals surface area contributed by atoms with E-state index in [2.05, 4.69) is 5.10 Å². The van der Waals surface area contributed by atoms with Crippen LogP contribution in [0.4, 0.5) is 0 Å². The maximum Gasteiger partial charge on any atom is 0.0892 e. The molecule has 0 spiro atoms. The van der Waals surface area contributed by atoms with Crippen molar-refractivity contribution in [3.8, 4) is 0 Å². The predicted octanol–water partition coefficient (Wildman–Crippen LogP) is 0.900. The van der Waals surface area contributed by atoms with Crippen LogP contribution in [0, 0.1) is 0 Å². The van der Waals surface area contributed by atoms with Crippen LogP contribution in [0.15, 0.2) is 12.4 Å². The lowest BCUT2D eigenvalue weighted by molar-refractivity contribution is 0.0542. The number of rotatable bonds is 5. The fourth-order valence-electron chi connectivity index (χ4n) is 1.08. The van der Waals surface area contributed by atoms with E-state index in [4.69, 9.17) is 22.1 Å². The predicted molar refractivity (Wildman–Crippen MR) is 51.7 cm³/mol. The van der Waals surface area contributed by atoms with Crippen molar-refractivity contribution < 1.29 is 4.74 Å². The molecule has 0 bridgehead atoms. The van der Waals surface area contributed by atoms with Gasteiger partial charge in [0, 0.05) is 19.3 Å². The zero-order chi connectivity index (χ0) is 9.68. The van der Waals surface area contributed by atoms with Gasteiger partial charge in [0.1, 0.15) is 0 Å². The van der Waals surface area contributed by atoms with Crippen molar-refractivity contribution in [1.29, 1.82) is 0 Å². The summed E-state index contributed by atoms with van der Waals surface area (Å²) in [6.45, 7) is 3.75. The lowest BCUT2D eigenvalue weighted by Crippen LogP contribution is -2.28. The Balaban J connectivity index is 2.46. The Morgan fingerprint density at radius 2 is 2.54 bits per heavy atom. The van der Waals surface area contributed by atoms with Crippen molar-refractivity contribution in [2.45, 2.75) is 19.6 Å². The van der Waals surface area contributed by atoms with E-state index in [0.717, 1.165) is 0 Å². The third kappa shape index (κ3) is 3.34. The third-order valence-electron chi connectivity index (χ3n) is 1.66. The number of nitrogens with two attached hydrogens (primary N) is 1. The maximum atomic E-state index is 5.71. The first-order chi connectivity index (χ1) is 6.26. The van der Waals surface area contributed by atoms with Gasteiger partial charge in [-0.3, -0.25) is 4.68 Å². The molecule has 0 fully saturated rings. The molecular formula is C8H14ClN3O. The van der Waals surface area contributed by atoms with Crippen LogP contribution in [-0.2, 0) is 11.3 Å². The van der Waals surface area contributed by atoms with Crippen molar-refractivity contribution in [2.75, 3.05) is 13.2 Å². The van der Waals surface area contributed by atoms with Crippen LogP contribution in [0.2, 0.25) is 5.02 Å². The Morgan fingerprint density at radius 1 is 1.77 bits per heavy atom. The molecule has 0 aromatic carbocycles. The van der Waals surface area contributed by atoms with Crippen molar-refractivity contribution >= 4 is 11.6 Å². The second-order valence-electron chi connectivity index (χ2n) is 2.69. The number of hydrogen-bond donors (Lipinski definition) is 1. The van der Waals surface area contributed by atoms with Crippen LogP contribution in [0.3, 0.4) is 0 Å². The van der Waals surface area contributed by atoms with Gasteiger partial charge in [-0.15, -0.1) is 0 Å². The largest absolute Gasteiger partial charge is 0.375 e. The lowest BCUT2D eigenvalue weighted by Gasteiger charge is -2.14. The van der Waals surface area contributed by atoms with E-state index >= 15 is 0 Å². The van der Waals surface area contributed by atoms with Crippen LogP contribution in [-0.4, -0.2) is 29.0 Å². The van der Waals surface area contributed by atoms with E-state index in [1.54, 1.807) is 17.1 Å². The lowest BCUT2D eigenvalue weighted by atomic mass is 10.3. The van der Waals surface area contributed by atoms with Gasteiger partial charge in [0.2, 0.25) is 0 Å². The minimum atomic E-state index is 0.0148. The molecule has 0 aliphatic rings. The van der Waals surface area contributed by atoms with E-state index in [9.17, 15) is 0 Å².